The van der Waals surface area contributed by atoms with Gasteiger partial charge in [0.1, 0.15) is 11.3 Å². The van der Waals surface area contributed by atoms with E-state index in [-0.39, 0.29) is 16.9 Å². The number of rotatable bonds is 6. The molecule has 2 aromatic carbocycles. The lowest BCUT2D eigenvalue weighted by atomic mass is 10.0. The van der Waals surface area contributed by atoms with Crippen LogP contribution in [0.1, 0.15) is 34.7 Å². The molecular formula is C24H24N4O5. The second kappa shape index (κ2) is 8.67. The summed E-state index contributed by atoms with van der Waals surface area (Å²) in [6.07, 6.45) is 3.96. The van der Waals surface area contributed by atoms with Crippen molar-refractivity contribution < 1.29 is 19.2 Å². The Balaban J connectivity index is 1.70. The van der Waals surface area contributed by atoms with E-state index in [9.17, 15) is 14.9 Å². The van der Waals surface area contributed by atoms with Crippen LogP contribution in [0.4, 0.5) is 22.7 Å². The number of methoxy groups -OCH3 is 1. The Morgan fingerprint density at radius 2 is 2.00 bits per heavy atom. The third-order valence-corrected chi connectivity index (χ3v) is 6.14. The number of carbonyl (C=O) groups excluding carboxylic acids is 1. The van der Waals surface area contributed by atoms with E-state index in [1.165, 1.54) is 13.2 Å². The fourth-order valence-corrected chi connectivity index (χ4v) is 4.32. The first-order valence-corrected chi connectivity index (χ1v) is 10.9. The topological polar surface area (TPSA) is 107 Å². The number of morpholine rings is 1. The van der Waals surface area contributed by atoms with Crippen LogP contribution >= 0.6 is 0 Å². The zero-order valence-corrected chi connectivity index (χ0v) is 18.2. The van der Waals surface area contributed by atoms with Gasteiger partial charge < -0.3 is 19.7 Å². The first-order valence-electron chi connectivity index (χ1n) is 10.9. The average Bonchev–Trinajstić information content (AvgIpc) is 3.69. The van der Waals surface area contributed by atoms with Crippen molar-refractivity contribution >= 4 is 39.6 Å². The van der Waals surface area contributed by atoms with Gasteiger partial charge in [0, 0.05) is 30.4 Å². The van der Waals surface area contributed by atoms with Crippen molar-refractivity contribution in [3.8, 4) is 0 Å². The molecule has 1 aromatic heterocycles. The molecule has 2 heterocycles. The summed E-state index contributed by atoms with van der Waals surface area (Å²) < 4.78 is 10.3. The maximum Gasteiger partial charge on any atom is 0.345 e. The van der Waals surface area contributed by atoms with Crippen LogP contribution in [0.5, 0.6) is 0 Å². The molecule has 2 fully saturated rings. The molecule has 9 heteroatoms. The van der Waals surface area contributed by atoms with E-state index < -0.39 is 10.9 Å². The number of benzene rings is 2. The number of nitrogens with one attached hydrogen (secondary N) is 1. The van der Waals surface area contributed by atoms with Gasteiger partial charge in [-0.1, -0.05) is 18.2 Å². The second-order valence-electron chi connectivity index (χ2n) is 8.24. The van der Waals surface area contributed by atoms with Crippen molar-refractivity contribution in [3.05, 3.63) is 63.8 Å². The summed E-state index contributed by atoms with van der Waals surface area (Å²) in [6.45, 7) is 2.36. The minimum absolute atomic E-state index is 0.0830. The normalized spacial score (nSPS) is 16.0. The molecule has 0 atom stereocenters. The van der Waals surface area contributed by atoms with Gasteiger partial charge in [0.2, 0.25) is 0 Å². The third kappa shape index (κ3) is 4.07. The van der Waals surface area contributed by atoms with E-state index in [2.05, 4.69) is 15.2 Å². The van der Waals surface area contributed by atoms with Crippen molar-refractivity contribution in [2.45, 2.75) is 18.8 Å². The molecule has 2 aliphatic rings. The van der Waals surface area contributed by atoms with Gasteiger partial charge in [-0.3, -0.25) is 15.1 Å². The highest BCUT2D eigenvalue weighted by Gasteiger charge is 2.31. The van der Waals surface area contributed by atoms with E-state index >= 15 is 0 Å². The molecule has 1 saturated carbocycles. The number of carbonyl (C=O) groups is 1. The summed E-state index contributed by atoms with van der Waals surface area (Å²) in [4.78, 5) is 30.8. The molecule has 0 amide bonds. The number of fused-ring (bicyclic) bond motifs is 1. The standard InChI is InChI=1S/C24H24N4O5/c1-32-24(29)18-12-16(27-8-10-33-11-9-27)13-21(23(18)28(30)31)26-22-17-4-2-3-5-20(17)25-14-19(22)15-6-7-15/h2-5,12-15H,6-11H2,1H3,(H,25,26). The number of pyridine rings is 1. The molecule has 1 aliphatic heterocycles. The van der Waals surface area contributed by atoms with Crippen molar-refractivity contribution in [2.75, 3.05) is 43.6 Å². The average molecular weight is 448 g/mol. The predicted molar refractivity (Wildman–Crippen MR) is 124 cm³/mol. The van der Waals surface area contributed by atoms with Gasteiger partial charge in [-0.2, -0.15) is 0 Å². The lowest BCUT2D eigenvalue weighted by molar-refractivity contribution is -0.384. The lowest BCUT2D eigenvalue weighted by Gasteiger charge is -2.29. The number of ether oxygens (including phenoxy) is 2. The quantitative estimate of drug-likeness (QED) is 0.336. The van der Waals surface area contributed by atoms with E-state index in [0.717, 1.165) is 35.0 Å². The van der Waals surface area contributed by atoms with Gasteiger partial charge in [-0.15, -0.1) is 0 Å². The Hall–Kier alpha value is -3.72. The van der Waals surface area contributed by atoms with Crippen LogP contribution in [0, 0.1) is 10.1 Å². The van der Waals surface area contributed by atoms with Gasteiger partial charge in [-0.25, -0.2) is 4.79 Å². The number of hydrogen-bond donors (Lipinski definition) is 1. The van der Waals surface area contributed by atoms with Crippen LogP contribution in [0.15, 0.2) is 42.6 Å². The molecular weight excluding hydrogens is 424 g/mol. The van der Waals surface area contributed by atoms with Crippen LogP contribution < -0.4 is 10.2 Å². The molecule has 1 saturated heterocycles. The predicted octanol–water partition coefficient (Wildman–Crippen LogP) is 4.39. The fraction of sp³-hybridized carbons (Fsp3) is 0.333. The minimum Gasteiger partial charge on any atom is -0.465 e. The highest BCUT2D eigenvalue weighted by atomic mass is 16.6. The Bertz CT molecular complexity index is 1230. The van der Waals surface area contributed by atoms with Crippen molar-refractivity contribution in [2.24, 2.45) is 0 Å². The first-order chi connectivity index (χ1) is 16.1. The zero-order valence-electron chi connectivity index (χ0n) is 18.2. The van der Waals surface area contributed by atoms with Gasteiger partial charge in [-0.05, 0) is 42.5 Å². The van der Waals surface area contributed by atoms with Crippen LogP contribution in [0.2, 0.25) is 0 Å². The number of nitro benzene ring substituents is 1. The van der Waals surface area contributed by atoms with E-state index in [1.807, 2.05) is 30.5 Å². The molecule has 33 heavy (non-hydrogen) atoms. The van der Waals surface area contributed by atoms with E-state index in [0.29, 0.717) is 37.9 Å². The molecule has 3 aromatic rings. The molecule has 0 unspecified atom stereocenters. The summed E-state index contributed by atoms with van der Waals surface area (Å²) in [6, 6.07) is 11.0. The Morgan fingerprint density at radius 3 is 2.70 bits per heavy atom. The molecule has 1 N–H and O–H groups in total. The van der Waals surface area contributed by atoms with Gasteiger partial charge in [0.05, 0.1) is 36.5 Å². The number of para-hydroxylation sites is 1. The van der Waals surface area contributed by atoms with Crippen molar-refractivity contribution in [3.63, 3.8) is 0 Å². The zero-order chi connectivity index (χ0) is 22.9. The first kappa shape index (κ1) is 21.1. The summed E-state index contributed by atoms with van der Waals surface area (Å²) in [5, 5.41) is 16.4. The van der Waals surface area contributed by atoms with Crippen LogP contribution in [0.25, 0.3) is 10.9 Å². The minimum atomic E-state index is -0.748. The summed E-state index contributed by atoms with van der Waals surface area (Å²) >= 11 is 0. The van der Waals surface area contributed by atoms with Crippen LogP contribution in [-0.4, -0.2) is 49.3 Å². The molecule has 1 aliphatic carbocycles. The second-order valence-corrected chi connectivity index (χ2v) is 8.24. The fourth-order valence-electron chi connectivity index (χ4n) is 4.32. The molecule has 0 radical (unpaired) electrons. The Morgan fingerprint density at radius 1 is 1.24 bits per heavy atom. The summed E-state index contributed by atoms with van der Waals surface area (Å²) in [5.74, 6) is -0.381. The molecule has 170 valence electrons. The molecule has 0 spiro atoms. The Labute approximate surface area is 190 Å². The number of esters is 1. The number of nitro groups is 1. The van der Waals surface area contributed by atoms with Crippen molar-refractivity contribution in [1.29, 1.82) is 0 Å². The summed E-state index contributed by atoms with van der Waals surface area (Å²) in [7, 11) is 1.22. The highest BCUT2D eigenvalue weighted by molar-refractivity contribution is 6.01. The van der Waals surface area contributed by atoms with Gasteiger partial charge in [0.15, 0.2) is 0 Å². The lowest BCUT2D eigenvalue weighted by Crippen LogP contribution is -2.36. The van der Waals surface area contributed by atoms with Gasteiger partial charge in [0.25, 0.3) is 0 Å². The number of nitrogens with zero attached hydrogens (tertiary/aromatic N) is 3. The Kier molecular flexibility index (Phi) is 5.55. The SMILES string of the molecule is COC(=O)c1cc(N2CCOCC2)cc(Nc2c(C3CC3)cnc3ccccc23)c1[N+](=O)[O-]. The molecule has 5 rings (SSSR count). The maximum atomic E-state index is 12.6. The van der Waals surface area contributed by atoms with Gasteiger partial charge >= 0.3 is 11.7 Å². The van der Waals surface area contributed by atoms with Crippen molar-refractivity contribution in [1.82, 2.24) is 4.98 Å². The number of anilines is 3. The third-order valence-electron chi connectivity index (χ3n) is 6.14. The van der Waals surface area contributed by atoms with E-state index in [1.54, 1.807) is 6.07 Å². The number of aromatic nitrogens is 1. The maximum absolute atomic E-state index is 12.6. The number of hydrogen-bond acceptors (Lipinski definition) is 8. The largest absolute Gasteiger partial charge is 0.465 e. The summed E-state index contributed by atoms with van der Waals surface area (Å²) in [5.41, 5.74) is 3.19. The van der Waals surface area contributed by atoms with Crippen LogP contribution in [0.3, 0.4) is 0 Å². The monoisotopic (exact) mass is 448 g/mol. The smallest absolute Gasteiger partial charge is 0.345 e. The molecule has 0 bridgehead atoms. The molecule has 9 nitrogen and oxygen atoms in total. The van der Waals surface area contributed by atoms with Crippen LogP contribution in [-0.2, 0) is 9.47 Å². The van der Waals surface area contributed by atoms with E-state index in [4.69, 9.17) is 9.47 Å². The highest BCUT2D eigenvalue weighted by Crippen LogP contribution is 2.47.